The maximum absolute atomic E-state index is 12.7. The van der Waals surface area contributed by atoms with Crippen molar-refractivity contribution < 1.29 is 19.2 Å². The van der Waals surface area contributed by atoms with E-state index in [4.69, 9.17) is 9.47 Å². The van der Waals surface area contributed by atoms with Crippen LogP contribution in [0.2, 0.25) is 0 Å². The number of nitro groups is 1. The second kappa shape index (κ2) is 7.06. The van der Waals surface area contributed by atoms with Crippen LogP contribution < -0.4 is 10.1 Å². The second-order valence-corrected chi connectivity index (χ2v) is 6.24. The van der Waals surface area contributed by atoms with Crippen molar-refractivity contribution in [1.82, 2.24) is 14.8 Å². The number of fused-ring (bicyclic) bond motifs is 1. The number of ether oxygens (including phenoxy) is 2. The van der Waals surface area contributed by atoms with Crippen LogP contribution in [-0.4, -0.2) is 38.9 Å². The van der Waals surface area contributed by atoms with Crippen LogP contribution in [0.3, 0.4) is 0 Å². The average molecular weight is 373 g/mol. The Labute approximate surface area is 154 Å². The number of carbonyl (C=O) groups excluding carboxylic acids is 1. The quantitative estimate of drug-likeness (QED) is 0.482. The summed E-state index contributed by atoms with van der Waals surface area (Å²) >= 11 is 0. The van der Waals surface area contributed by atoms with E-state index in [0.29, 0.717) is 22.8 Å². The molecule has 1 aromatic heterocycles. The number of nitro benzene ring substituents is 1. The van der Waals surface area contributed by atoms with Crippen LogP contribution >= 0.6 is 0 Å². The summed E-state index contributed by atoms with van der Waals surface area (Å²) < 4.78 is 11.9. The summed E-state index contributed by atoms with van der Waals surface area (Å²) in [5, 5.41) is 18.6. The minimum atomic E-state index is -0.723. The molecular weight excluding hydrogens is 354 g/mol. The number of esters is 1. The summed E-state index contributed by atoms with van der Waals surface area (Å²) in [4.78, 5) is 27.7. The Morgan fingerprint density at radius 1 is 1.41 bits per heavy atom. The highest BCUT2D eigenvalue weighted by Gasteiger charge is 2.35. The summed E-state index contributed by atoms with van der Waals surface area (Å²) in [6.45, 7) is 5.22. The topological polar surface area (TPSA) is 121 Å². The van der Waals surface area contributed by atoms with Gasteiger partial charge in [-0.3, -0.25) is 10.1 Å². The molecule has 0 fully saturated rings. The van der Waals surface area contributed by atoms with Crippen molar-refractivity contribution in [1.29, 1.82) is 0 Å². The number of methoxy groups -OCH3 is 1. The largest absolute Gasteiger partial charge is 0.490 e. The molecule has 1 aromatic carbocycles. The van der Waals surface area contributed by atoms with Gasteiger partial charge in [-0.05, 0) is 32.4 Å². The molecule has 2 heterocycles. The Morgan fingerprint density at radius 3 is 2.78 bits per heavy atom. The van der Waals surface area contributed by atoms with E-state index >= 15 is 0 Å². The zero-order chi connectivity index (χ0) is 19.7. The molecule has 142 valence electrons. The summed E-state index contributed by atoms with van der Waals surface area (Å²) in [6, 6.07) is 3.80. The molecule has 1 unspecified atom stereocenters. The minimum Gasteiger partial charge on any atom is -0.490 e. The molecule has 10 heteroatoms. The Hall–Kier alpha value is -3.43. The van der Waals surface area contributed by atoms with Crippen LogP contribution in [0.15, 0.2) is 35.8 Å². The fourth-order valence-electron chi connectivity index (χ4n) is 2.96. The zero-order valence-corrected chi connectivity index (χ0v) is 15.3. The molecule has 0 bridgehead atoms. The number of anilines is 1. The third-order valence-electron chi connectivity index (χ3n) is 4.07. The summed E-state index contributed by atoms with van der Waals surface area (Å²) in [5.74, 6) is 0.0280. The van der Waals surface area contributed by atoms with Crippen LogP contribution in [0.4, 0.5) is 11.6 Å². The third-order valence-corrected chi connectivity index (χ3v) is 4.07. The first-order valence-corrected chi connectivity index (χ1v) is 8.24. The fraction of sp³-hybridized carbons (Fsp3) is 0.353. The summed E-state index contributed by atoms with van der Waals surface area (Å²) in [5.41, 5.74) is 1.14. The van der Waals surface area contributed by atoms with Crippen molar-refractivity contribution >= 4 is 17.6 Å². The van der Waals surface area contributed by atoms with Gasteiger partial charge in [-0.2, -0.15) is 10.1 Å². The molecule has 2 aromatic rings. The molecule has 0 amide bonds. The van der Waals surface area contributed by atoms with Gasteiger partial charge in [0.2, 0.25) is 5.95 Å². The van der Waals surface area contributed by atoms with Gasteiger partial charge in [0.05, 0.1) is 23.7 Å². The van der Waals surface area contributed by atoms with Crippen molar-refractivity contribution in [2.45, 2.75) is 32.9 Å². The molecule has 1 atom stereocenters. The molecule has 10 nitrogen and oxygen atoms in total. The van der Waals surface area contributed by atoms with Gasteiger partial charge in [-0.1, -0.05) is 6.07 Å². The van der Waals surface area contributed by atoms with Crippen LogP contribution in [0.25, 0.3) is 0 Å². The zero-order valence-electron chi connectivity index (χ0n) is 15.3. The number of hydrogen-bond acceptors (Lipinski definition) is 8. The lowest BCUT2D eigenvalue weighted by atomic mass is 9.95. The lowest BCUT2D eigenvalue weighted by molar-refractivity contribution is -0.385. The molecular formula is C17H19N5O5. The van der Waals surface area contributed by atoms with Crippen LogP contribution in [-0.2, 0) is 9.53 Å². The second-order valence-electron chi connectivity index (χ2n) is 6.24. The lowest BCUT2D eigenvalue weighted by Gasteiger charge is -2.28. The molecule has 0 saturated heterocycles. The Kier molecular flexibility index (Phi) is 4.80. The molecule has 1 aliphatic rings. The van der Waals surface area contributed by atoms with E-state index in [9.17, 15) is 14.9 Å². The third kappa shape index (κ3) is 3.33. The highest BCUT2D eigenvalue weighted by Crippen LogP contribution is 2.38. The first-order chi connectivity index (χ1) is 12.8. The molecule has 27 heavy (non-hydrogen) atoms. The van der Waals surface area contributed by atoms with Crippen molar-refractivity contribution in [3.05, 3.63) is 51.5 Å². The number of nitrogens with zero attached hydrogens (tertiary/aromatic N) is 4. The Balaban J connectivity index is 2.17. The van der Waals surface area contributed by atoms with Gasteiger partial charge in [-0.15, -0.1) is 0 Å². The van der Waals surface area contributed by atoms with E-state index in [2.05, 4.69) is 15.4 Å². The fourth-order valence-corrected chi connectivity index (χ4v) is 2.96. The van der Waals surface area contributed by atoms with Crippen molar-refractivity contribution in [2.24, 2.45) is 0 Å². The number of nitrogens with one attached hydrogen (secondary N) is 1. The number of hydrogen-bond donors (Lipinski definition) is 1. The van der Waals surface area contributed by atoms with E-state index in [-0.39, 0.29) is 17.5 Å². The number of benzene rings is 1. The van der Waals surface area contributed by atoms with Gasteiger partial charge in [-0.25, -0.2) is 9.48 Å². The van der Waals surface area contributed by atoms with E-state index in [0.717, 1.165) is 0 Å². The Bertz CT molecular complexity index is 934. The van der Waals surface area contributed by atoms with Crippen molar-refractivity contribution in [2.75, 3.05) is 12.4 Å². The van der Waals surface area contributed by atoms with Crippen LogP contribution in [0.1, 0.15) is 32.4 Å². The summed E-state index contributed by atoms with van der Waals surface area (Å²) in [6.07, 6.45) is 1.03. The molecule has 0 aliphatic carbocycles. The number of allylic oxidation sites excluding steroid dienone is 1. The van der Waals surface area contributed by atoms with Crippen molar-refractivity contribution in [3.8, 4) is 5.75 Å². The molecule has 0 radical (unpaired) electrons. The lowest BCUT2D eigenvalue weighted by Crippen LogP contribution is -2.30. The van der Waals surface area contributed by atoms with Crippen LogP contribution in [0.5, 0.6) is 5.75 Å². The normalized spacial score (nSPS) is 16.0. The molecule has 1 aliphatic heterocycles. The number of carbonyl (C=O) groups is 1. The predicted octanol–water partition coefficient (Wildman–Crippen LogP) is 2.44. The monoisotopic (exact) mass is 373 g/mol. The average Bonchev–Trinajstić information content (AvgIpc) is 3.07. The molecule has 0 saturated carbocycles. The maximum Gasteiger partial charge on any atom is 0.338 e. The smallest absolute Gasteiger partial charge is 0.338 e. The van der Waals surface area contributed by atoms with Gasteiger partial charge in [0, 0.05) is 11.8 Å². The van der Waals surface area contributed by atoms with Crippen LogP contribution in [0, 0.1) is 10.1 Å². The highest BCUT2D eigenvalue weighted by molar-refractivity contribution is 5.92. The first-order valence-electron chi connectivity index (χ1n) is 8.24. The predicted molar refractivity (Wildman–Crippen MR) is 95.4 cm³/mol. The standard InChI is InChI=1S/C17H19N5O5/c1-9(2)27-16(23)14-10(3)20-17-18-8-19-21(17)15(14)11-5-6-13(26-4)12(7-11)22(24)25/h5-9,15H,1-4H3,(H,18,19,20). The molecule has 3 rings (SSSR count). The van der Waals surface area contributed by atoms with Gasteiger partial charge >= 0.3 is 11.7 Å². The Morgan fingerprint density at radius 2 is 2.15 bits per heavy atom. The first kappa shape index (κ1) is 18.4. The number of rotatable bonds is 5. The van der Waals surface area contributed by atoms with Gasteiger partial charge in [0.25, 0.3) is 0 Å². The van der Waals surface area contributed by atoms with E-state index in [1.807, 2.05) is 0 Å². The summed E-state index contributed by atoms with van der Waals surface area (Å²) in [7, 11) is 1.36. The molecule has 0 spiro atoms. The SMILES string of the molecule is COc1ccc(C2C(C(=O)OC(C)C)=C(C)Nc3ncnn32)cc1[N+](=O)[O-]. The number of aromatic nitrogens is 3. The van der Waals surface area contributed by atoms with Crippen molar-refractivity contribution in [3.63, 3.8) is 0 Å². The van der Waals surface area contributed by atoms with E-state index in [1.165, 1.54) is 30.3 Å². The molecule has 1 N–H and O–H groups in total. The minimum absolute atomic E-state index is 0.128. The van der Waals surface area contributed by atoms with E-state index in [1.54, 1.807) is 26.8 Å². The van der Waals surface area contributed by atoms with E-state index < -0.39 is 16.9 Å². The highest BCUT2D eigenvalue weighted by atomic mass is 16.6. The van der Waals surface area contributed by atoms with Gasteiger partial charge in [0.1, 0.15) is 12.4 Å². The van der Waals surface area contributed by atoms with Gasteiger partial charge < -0.3 is 14.8 Å². The maximum atomic E-state index is 12.7. The van der Waals surface area contributed by atoms with Gasteiger partial charge in [0.15, 0.2) is 5.75 Å².